The van der Waals surface area contributed by atoms with Crippen LogP contribution < -0.4 is 4.74 Å². The van der Waals surface area contributed by atoms with Gasteiger partial charge in [0.2, 0.25) is 5.88 Å². The quantitative estimate of drug-likeness (QED) is 0.594. The van der Waals surface area contributed by atoms with Gasteiger partial charge in [0.25, 0.3) is 0 Å². The monoisotopic (exact) mass is 228 g/mol. The first-order valence-corrected chi connectivity index (χ1v) is 5.16. The van der Waals surface area contributed by atoms with Crippen molar-refractivity contribution in [3.63, 3.8) is 0 Å². The van der Waals surface area contributed by atoms with Crippen LogP contribution in [-0.4, -0.2) is 23.2 Å². The Bertz CT molecular complexity index is 530. The molecule has 0 aliphatic carbocycles. The van der Waals surface area contributed by atoms with Crippen LogP contribution in [0, 0.1) is 0 Å². The minimum atomic E-state index is 0.493. The number of carbonyl (C=O) groups excluding carboxylic acids is 1. The summed E-state index contributed by atoms with van der Waals surface area (Å²) in [6.07, 6.45) is 5.61. The van der Waals surface area contributed by atoms with Crippen LogP contribution in [0.1, 0.15) is 5.56 Å². The summed E-state index contributed by atoms with van der Waals surface area (Å²) in [4.78, 5) is 10.3. The second-order valence-electron chi connectivity index (χ2n) is 3.37. The van der Waals surface area contributed by atoms with Gasteiger partial charge in [-0.1, -0.05) is 18.2 Å². The van der Waals surface area contributed by atoms with E-state index in [1.165, 1.54) is 6.08 Å². The van der Waals surface area contributed by atoms with Crippen molar-refractivity contribution in [3.05, 3.63) is 48.2 Å². The SMILES string of the molecule is COc1nn(-c2ccccc2)cc1/C=C/C=O. The van der Waals surface area contributed by atoms with E-state index in [0.29, 0.717) is 5.88 Å². The summed E-state index contributed by atoms with van der Waals surface area (Å²) in [6, 6.07) is 9.70. The zero-order valence-electron chi connectivity index (χ0n) is 9.41. The molecule has 2 aromatic rings. The van der Waals surface area contributed by atoms with Crippen molar-refractivity contribution in [2.24, 2.45) is 0 Å². The van der Waals surface area contributed by atoms with Crippen LogP contribution in [0.3, 0.4) is 0 Å². The highest BCUT2D eigenvalue weighted by atomic mass is 16.5. The number of allylic oxidation sites excluding steroid dienone is 1. The number of hydrogen-bond donors (Lipinski definition) is 0. The molecule has 0 saturated heterocycles. The van der Waals surface area contributed by atoms with Crippen LogP contribution in [0.5, 0.6) is 5.88 Å². The molecule has 0 atom stereocenters. The number of para-hydroxylation sites is 1. The van der Waals surface area contributed by atoms with Gasteiger partial charge in [0, 0.05) is 6.20 Å². The Balaban J connectivity index is 2.41. The van der Waals surface area contributed by atoms with Crippen molar-refractivity contribution in [3.8, 4) is 11.6 Å². The molecule has 0 amide bonds. The molecule has 4 heteroatoms. The number of hydrogen-bond acceptors (Lipinski definition) is 3. The van der Waals surface area contributed by atoms with E-state index in [2.05, 4.69) is 5.10 Å². The van der Waals surface area contributed by atoms with Gasteiger partial charge in [-0.15, -0.1) is 5.10 Å². The maximum Gasteiger partial charge on any atom is 0.240 e. The first-order chi connectivity index (χ1) is 8.35. The number of ether oxygens (including phenoxy) is 1. The molecule has 1 aromatic carbocycles. The molecular weight excluding hydrogens is 216 g/mol. The highest BCUT2D eigenvalue weighted by Crippen LogP contribution is 2.19. The minimum Gasteiger partial charge on any atom is -0.480 e. The minimum absolute atomic E-state index is 0.493. The van der Waals surface area contributed by atoms with Gasteiger partial charge in [-0.05, 0) is 24.3 Å². The Morgan fingerprint density at radius 1 is 1.29 bits per heavy atom. The second-order valence-corrected chi connectivity index (χ2v) is 3.37. The molecule has 0 bridgehead atoms. The number of rotatable bonds is 4. The van der Waals surface area contributed by atoms with Crippen molar-refractivity contribution in [1.29, 1.82) is 0 Å². The number of aldehydes is 1. The summed E-state index contributed by atoms with van der Waals surface area (Å²) in [6.45, 7) is 0. The number of carbonyl (C=O) groups is 1. The zero-order valence-corrected chi connectivity index (χ0v) is 9.41. The van der Waals surface area contributed by atoms with Crippen molar-refractivity contribution < 1.29 is 9.53 Å². The average Bonchev–Trinajstić information content (AvgIpc) is 2.80. The third-order valence-corrected chi connectivity index (χ3v) is 2.28. The fourth-order valence-corrected chi connectivity index (χ4v) is 1.50. The third-order valence-electron chi connectivity index (χ3n) is 2.28. The number of aromatic nitrogens is 2. The van der Waals surface area contributed by atoms with Crippen LogP contribution in [0.25, 0.3) is 11.8 Å². The largest absolute Gasteiger partial charge is 0.480 e. The summed E-state index contributed by atoms with van der Waals surface area (Å²) in [5.41, 5.74) is 1.71. The van der Waals surface area contributed by atoms with Gasteiger partial charge in [-0.2, -0.15) is 0 Å². The Morgan fingerprint density at radius 3 is 2.71 bits per heavy atom. The van der Waals surface area contributed by atoms with Gasteiger partial charge in [0.15, 0.2) is 0 Å². The van der Waals surface area contributed by atoms with Crippen LogP contribution in [0.4, 0.5) is 0 Å². The lowest BCUT2D eigenvalue weighted by Gasteiger charge is -1.98. The van der Waals surface area contributed by atoms with Crippen molar-refractivity contribution >= 4 is 12.4 Å². The van der Waals surface area contributed by atoms with E-state index in [9.17, 15) is 4.79 Å². The fraction of sp³-hybridized carbons (Fsp3) is 0.0769. The fourth-order valence-electron chi connectivity index (χ4n) is 1.50. The van der Waals surface area contributed by atoms with Crippen LogP contribution in [0.15, 0.2) is 42.6 Å². The summed E-state index contributed by atoms with van der Waals surface area (Å²) in [5, 5.41) is 4.28. The molecule has 0 radical (unpaired) electrons. The van der Waals surface area contributed by atoms with Gasteiger partial charge in [-0.3, -0.25) is 4.79 Å². The second kappa shape index (κ2) is 5.12. The summed E-state index contributed by atoms with van der Waals surface area (Å²) >= 11 is 0. The lowest BCUT2D eigenvalue weighted by Crippen LogP contribution is -1.94. The maximum absolute atomic E-state index is 10.3. The summed E-state index contributed by atoms with van der Waals surface area (Å²) in [7, 11) is 1.55. The Morgan fingerprint density at radius 2 is 2.06 bits per heavy atom. The molecular formula is C13H12N2O2. The highest BCUT2D eigenvalue weighted by molar-refractivity contribution is 5.74. The van der Waals surface area contributed by atoms with Crippen molar-refractivity contribution in [2.45, 2.75) is 0 Å². The van der Waals surface area contributed by atoms with Gasteiger partial charge < -0.3 is 4.74 Å². The molecule has 0 fully saturated rings. The van der Waals surface area contributed by atoms with Crippen molar-refractivity contribution in [2.75, 3.05) is 7.11 Å². The van der Waals surface area contributed by atoms with E-state index in [-0.39, 0.29) is 0 Å². The van der Waals surface area contributed by atoms with Crippen LogP contribution in [-0.2, 0) is 4.79 Å². The van der Waals surface area contributed by atoms with Gasteiger partial charge in [0.05, 0.1) is 18.4 Å². The molecule has 86 valence electrons. The Labute approximate surface area is 99.1 Å². The number of benzene rings is 1. The van der Waals surface area contributed by atoms with E-state index < -0.39 is 0 Å². The average molecular weight is 228 g/mol. The predicted molar refractivity (Wildman–Crippen MR) is 65.2 cm³/mol. The van der Waals surface area contributed by atoms with E-state index >= 15 is 0 Å². The lowest BCUT2D eigenvalue weighted by atomic mass is 10.3. The molecule has 0 saturated carbocycles. The van der Waals surface area contributed by atoms with E-state index in [1.54, 1.807) is 17.9 Å². The molecule has 2 rings (SSSR count). The predicted octanol–water partition coefficient (Wildman–Crippen LogP) is 2.09. The molecule has 0 aliphatic rings. The van der Waals surface area contributed by atoms with E-state index in [4.69, 9.17) is 4.74 Å². The standard InChI is InChI=1S/C13H12N2O2/c1-17-13-11(6-5-9-16)10-15(14-13)12-7-3-2-4-8-12/h2-10H,1H3/b6-5+. The third kappa shape index (κ3) is 2.42. The number of methoxy groups -OCH3 is 1. The molecule has 1 heterocycles. The first kappa shape index (κ1) is 11.1. The maximum atomic E-state index is 10.3. The molecule has 0 unspecified atom stereocenters. The van der Waals surface area contributed by atoms with Gasteiger partial charge in [-0.25, -0.2) is 4.68 Å². The lowest BCUT2D eigenvalue weighted by molar-refractivity contribution is -0.104. The molecule has 1 aromatic heterocycles. The van der Waals surface area contributed by atoms with Gasteiger partial charge >= 0.3 is 0 Å². The first-order valence-electron chi connectivity index (χ1n) is 5.16. The van der Waals surface area contributed by atoms with Gasteiger partial charge in [0.1, 0.15) is 6.29 Å². The van der Waals surface area contributed by atoms with Crippen LogP contribution in [0.2, 0.25) is 0 Å². The summed E-state index contributed by atoms with van der Waals surface area (Å²) in [5.74, 6) is 0.493. The molecule has 0 spiro atoms. The normalized spacial score (nSPS) is 10.6. The highest BCUT2D eigenvalue weighted by Gasteiger charge is 2.07. The molecule has 0 aliphatic heterocycles. The smallest absolute Gasteiger partial charge is 0.240 e. The topological polar surface area (TPSA) is 44.1 Å². The molecule has 4 nitrogen and oxygen atoms in total. The van der Waals surface area contributed by atoms with Crippen molar-refractivity contribution in [1.82, 2.24) is 9.78 Å². The van der Waals surface area contributed by atoms with Crippen LogP contribution >= 0.6 is 0 Å². The Kier molecular flexibility index (Phi) is 3.35. The summed E-state index contributed by atoms with van der Waals surface area (Å²) < 4.78 is 6.86. The number of nitrogens with zero attached hydrogens (tertiary/aromatic N) is 2. The van der Waals surface area contributed by atoms with E-state index in [1.807, 2.05) is 36.5 Å². The van der Waals surface area contributed by atoms with E-state index in [0.717, 1.165) is 17.5 Å². The molecule has 17 heavy (non-hydrogen) atoms. The Hall–Kier alpha value is -2.36. The zero-order chi connectivity index (χ0) is 12.1. The molecule has 0 N–H and O–H groups in total.